The van der Waals surface area contributed by atoms with Crippen molar-refractivity contribution in [1.29, 1.82) is 0 Å². The van der Waals surface area contributed by atoms with Crippen molar-refractivity contribution in [3.05, 3.63) is 23.0 Å². The molecule has 1 amide bonds. The molecule has 0 aliphatic heterocycles. The number of hydrogen-bond acceptors (Lipinski definition) is 4. The molecule has 0 bridgehead atoms. The van der Waals surface area contributed by atoms with E-state index in [9.17, 15) is 4.79 Å². The van der Waals surface area contributed by atoms with Gasteiger partial charge in [0, 0.05) is 13.1 Å². The third-order valence-corrected chi connectivity index (χ3v) is 2.38. The van der Waals surface area contributed by atoms with Gasteiger partial charge in [-0.05, 0) is 13.0 Å². The second kappa shape index (κ2) is 5.67. The summed E-state index contributed by atoms with van der Waals surface area (Å²) in [5, 5.41) is 9.04. The molecule has 6 heteroatoms. The van der Waals surface area contributed by atoms with Crippen LogP contribution in [0, 0.1) is 0 Å². The number of nitrogens with two attached hydrogens (primary N) is 1. The zero-order valence-electron chi connectivity index (χ0n) is 8.98. The summed E-state index contributed by atoms with van der Waals surface area (Å²) in [7, 11) is 0. The van der Waals surface area contributed by atoms with Gasteiger partial charge in [0.2, 0.25) is 0 Å². The van der Waals surface area contributed by atoms with Crippen molar-refractivity contribution >= 4 is 23.2 Å². The Hall–Kier alpha value is -1.33. The minimum atomic E-state index is -0.252. The number of aromatic nitrogens is 1. The summed E-state index contributed by atoms with van der Waals surface area (Å²) in [4.78, 5) is 17.2. The quantitative estimate of drug-likeness (QED) is 0.766. The van der Waals surface area contributed by atoms with Crippen molar-refractivity contribution in [3.63, 3.8) is 0 Å². The van der Waals surface area contributed by atoms with Gasteiger partial charge < -0.3 is 15.7 Å². The Morgan fingerprint density at radius 1 is 1.69 bits per heavy atom. The van der Waals surface area contributed by atoms with Gasteiger partial charge >= 0.3 is 0 Å². The second-order valence-electron chi connectivity index (χ2n) is 3.20. The van der Waals surface area contributed by atoms with Crippen LogP contribution in [0.3, 0.4) is 0 Å². The number of likely N-dealkylation sites (N-methyl/N-ethyl adjacent to an activating group) is 1. The standard InChI is InChI=1S/C10H14ClN3O2/c1-2-14(3-4-15)10(16)7-5-9(11)13-6-8(7)12/h5-6,15H,2-4,12H2,1H3. The van der Waals surface area contributed by atoms with Crippen LogP contribution in [0.2, 0.25) is 5.15 Å². The minimum Gasteiger partial charge on any atom is -0.397 e. The number of pyridine rings is 1. The van der Waals surface area contributed by atoms with Gasteiger partial charge in [-0.15, -0.1) is 0 Å². The fourth-order valence-electron chi connectivity index (χ4n) is 1.32. The Balaban J connectivity index is 2.98. The first-order valence-corrected chi connectivity index (χ1v) is 5.29. The second-order valence-corrected chi connectivity index (χ2v) is 3.59. The molecule has 0 spiro atoms. The van der Waals surface area contributed by atoms with E-state index < -0.39 is 0 Å². The van der Waals surface area contributed by atoms with Crippen LogP contribution in [0.15, 0.2) is 12.3 Å². The zero-order valence-corrected chi connectivity index (χ0v) is 9.74. The molecule has 5 nitrogen and oxygen atoms in total. The third-order valence-electron chi connectivity index (χ3n) is 2.17. The number of nitrogen functional groups attached to an aromatic ring is 1. The Bertz CT molecular complexity index is 384. The summed E-state index contributed by atoms with van der Waals surface area (Å²) < 4.78 is 0. The molecule has 0 saturated heterocycles. The fourth-order valence-corrected chi connectivity index (χ4v) is 1.48. The van der Waals surface area contributed by atoms with Crippen molar-refractivity contribution in [1.82, 2.24) is 9.88 Å². The van der Waals surface area contributed by atoms with Crippen molar-refractivity contribution in [2.45, 2.75) is 6.92 Å². The average molecular weight is 244 g/mol. The highest BCUT2D eigenvalue weighted by Crippen LogP contribution is 2.16. The van der Waals surface area contributed by atoms with Crippen LogP contribution in [0.4, 0.5) is 5.69 Å². The maximum Gasteiger partial charge on any atom is 0.256 e. The number of aliphatic hydroxyl groups is 1. The topological polar surface area (TPSA) is 79.5 Å². The molecule has 88 valence electrons. The van der Waals surface area contributed by atoms with Crippen LogP contribution >= 0.6 is 11.6 Å². The Kier molecular flexibility index (Phi) is 4.52. The number of nitrogens with zero attached hydrogens (tertiary/aromatic N) is 2. The molecule has 1 rings (SSSR count). The number of aliphatic hydroxyl groups excluding tert-OH is 1. The first kappa shape index (κ1) is 12.7. The maximum atomic E-state index is 12.0. The number of carbonyl (C=O) groups is 1. The molecule has 0 aliphatic rings. The molecule has 0 fully saturated rings. The summed E-state index contributed by atoms with van der Waals surface area (Å²) in [6.07, 6.45) is 1.35. The summed E-state index contributed by atoms with van der Waals surface area (Å²) in [5.74, 6) is -0.252. The zero-order chi connectivity index (χ0) is 12.1. The third kappa shape index (κ3) is 2.84. The lowest BCUT2D eigenvalue weighted by Crippen LogP contribution is -2.33. The van der Waals surface area contributed by atoms with E-state index in [4.69, 9.17) is 22.4 Å². The van der Waals surface area contributed by atoms with E-state index in [1.165, 1.54) is 17.2 Å². The largest absolute Gasteiger partial charge is 0.397 e. The number of hydrogen-bond donors (Lipinski definition) is 2. The van der Waals surface area contributed by atoms with Gasteiger partial charge in [-0.25, -0.2) is 4.98 Å². The Morgan fingerprint density at radius 2 is 2.38 bits per heavy atom. The Labute approximate surface area is 98.8 Å². The van der Waals surface area contributed by atoms with Gasteiger partial charge in [0.1, 0.15) is 5.15 Å². The summed E-state index contributed by atoms with van der Waals surface area (Å²) in [6, 6.07) is 1.43. The van der Waals surface area contributed by atoms with E-state index in [1.807, 2.05) is 6.92 Å². The van der Waals surface area contributed by atoms with Gasteiger partial charge in [0.15, 0.2) is 0 Å². The van der Waals surface area contributed by atoms with Gasteiger partial charge in [-0.2, -0.15) is 0 Å². The fraction of sp³-hybridized carbons (Fsp3) is 0.400. The van der Waals surface area contributed by atoms with E-state index >= 15 is 0 Å². The van der Waals surface area contributed by atoms with E-state index in [2.05, 4.69) is 4.98 Å². The van der Waals surface area contributed by atoms with Crippen molar-refractivity contribution in [2.24, 2.45) is 0 Å². The Morgan fingerprint density at radius 3 is 2.94 bits per heavy atom. The molecule has 0 atom stereocenters. The van der Waals surface area contributed by atoms with Crippen LogP contribution < -0.4 is 5.73 Å². The van der Waals surface area contributed by atoms with Gasteiger partial charge in [0.05, 0.1) is 24.1 Å². The van der Waals surface area contributed by atoms with Gasteiger partial charge in [-0.3, -0.25) is 4.79 Å². The van der Waals surface area contributed by atoms with E-state index in [-0.39, 0.29) is 29.9 Å². The monoisotopic (exact) mass is 243 g/mol. The van der Waals surface area contributed by atoms with Crippen molar-refractivity contribution in [2.75, 3.05) is 25.4 Å². The number of rotatable bonds is 4. The summed E-state index contributed by atoms with van der Waals surface area (Å²) in [5.41, 5.74) is 6.25. The summed E-state index contributed by atoms with van der Waals surface area (Å²) in [6.45, 7) is 2.51. The van der Waals surface area contributed by atoms with E-state index in [0.717, 1.165) is 0 Å². The molecule has 0 radical (unpaired) electrons. The molecule has 0 aliphatic carbocycles. The van der Waals surface area contributed by atoms with Gasteiger partial charge in [0.25, 0.3) is 5.91 Å². The molecule has 0 saturated carbocycles. The lowest BCUT2D eigenvalue weighted by molar-refractivity contribution is 0.0733. The minimum absolute atomic E-state index is 0.0850. The molecule has 0 aromatic carbocycles. The highest BCUT2D eigenvalue weighted by atomic mass is 35.5. The molecule has 1 aromatic heterocycles. The smallest absolute Gasteiger partial charge is 0.256 e. The first-order valence-electron chi connectivity index (χ1n) is 4.91. The van der Waals surface area contributed by atoms with Crippen LogP contribution in [-0.2, 0) is 0 Å². The number of halogens is 1. The molecular weight excluding hydrogens is 230 g/mol. The SMILES string of the molecule is CCN(CCO)C(=O)c1cc(Cl)ncc1N. The first-order chi connectivity index (χ1) is 7.60. The summed E-state index contributed by atoms with van der Waals surface area (Å²) >= 11 is 5.70. The normalized spacial score (nSPS) is 10.2. The molecule has 3 N–H and O–H groups in total. The van der Waals surface area contributed by atoms with Crippen LogP contribution in [0.1, 0.15) is 17.3 Å². The predicted octanol–water partition coefficient (Wildman–Crippen LogP) is 0.772. The highest BCUT2D eigenvalue weighted by molar-refractivity contribution is 6.29. The van der Waals surface area contributed by atoms with Crippen molar-refractivity contribution < 1.29 is 9.90 Å². The molecular formula is C10H14ClN3O2. The highest BCUT2D eigenvalue weighted by Gasteiger charge is 2.16. The average Bonchev–Trinajstić information content (AvgIpc) is 2.28. The molecule has 1 aromatic rings. The number of anilines is 1. The lowest BCUT2D eigenvalue weighted by Gasteiger charge is -2.20. The van der Waals surface area contributed by atoms with Gasteiger partial charge in [-0.1, -0.05) is 11.6 Å². The van der Waals surface area contributed by atoms with Crippen molar-refractivity contribution in [3.8, 4) is 0 Å². The number of carbonyl (C=O) groups excluding carboxylic acids is 1. The van der Waals surface area contributed by atoms with E-state index in [0.29, 0.717) is 12.1 Å². The molecule has 1 heterocycles. The van der Waals surface area contributed by atoms with Crippen LogP contribution in [-0.4, -0.2) is 40.6 Å². The predicted molar refractivity (Wildman–Crippen MR) is 62.3 cm³/mol. The number of amides is 1. The molecule has 16 heavy (non-hydrogen) atoms. The maximum absolute atomic E-state index is 12.0. The van der Waals surface area contributed by atoms with E-state index in [1.54, 1.807) is 0 Å². The van der Waals surface area contributed by atoms with Crippen LogP contribution in [0.25, 0.3) is 0 Å². The lowest BCUT2D eigenvalue weighted by atomic mass is 10.2. The van der Waals surface area contributed by atoms with Crippen LogP contribution in [0.5, 0.6) is 0 Å². The molecule has 0 unspecified atom stereocenters.